The molecule has 1 amide bonds. The van der Waals surface area contributed by atoms with Crippen LogP contribution in [0.4, 0.5) is 13.2 Å². The molecular weight excluding hydrogens is 393 g/mol. The van der Waals surface area contributed by atoms with Crippen molar-refractivity contribution in [3.63, 3.8) is 0 Å². The molecule has 0 fully saturated rings. The summed E-state index contributed by atoms with van der Waals surface area (Å²) in [5.74, 6) is -2.19. The number of carboxylic acid groups (broad SMARTS) is 1. The Bertz CT molecular complexity index is 890. The normalized spacial score (nSPS) is 13.5. The minimum Gasteiger partial charge on any atom is -0.481 e. The number of fused-ring (bicyclic) bond motifs is 1. The number of aryl methyl sites for hydroxylation is 1. The summed E-state index contributed by atoms with van der Waals surface area (Å²) in [6, 6.07) is 5.50. The average Bonchev–Trinajstić information content (AvgIpc) is 2.89. The summed E-state index contributed by atoms with van der Waals surface area (Å²) >= 11 is 0. The molecule has 0 saturated carbocycles. The number of aromatic nitrogens is 3. The number of pyridine rings is 1. The van der Waals surface area contributed by atoms with Gasteiger partial charge in [-0.3, -0.25) is 4.79 Å². The van der Waals surface area contributed by atoms with Crippen molar-refractivity contribution < 1.29 is 32.6 Å². The lowest BCUT2D eigenvalue weighted by Gasteiger charge is -2.19. The molecule has 0 radical (unpaired) electrons. The van der Waals surface area contributed by atoms with Gasteiger partial charge in [-0.05, 0) is 25.5 Å². The smallest absolute Gasteiger partial charge is 0.481 e. The van der Waals surface area contributed by atoms with Gasteiger partial charge in [0.15, 0.2) is 0 Å². The molecule has 0 atom stereocenters. The fourth-order valence-electron chi connectivity index (χ4n) is 2.70. The van der Waals surface area contributed by atoms with Crippen LogP contribution in [0.25, 0.3) is 0 Å². The summed E-state index contributed by atoms with van der Waals surface area (Å²) in [5, 5.41) is 7.12. The maximum atomic E-state index is 12.6. The molecule has 1 aliphatic heterocycles. The zero-order valence-electron chi connectivity index (χ0n) is 15.7. The predicted molar refractivity (Wildman–Crippen MR) is 94.6 cm³/mol. The first-order valence-corrected chi connectivity index (χ1v) is 8.53. The number of nitrogens with zero attached hydrogens (tertiary/aromatic N) is 4. The molecule has 2 aromatic heterocycles. The Labute approximate surface area is 164 Å². The Morgan fingerprint density at radius 3 is 2.41 bits per heavy atom. The number of hydrogen-bond donors (Lipinski definition) is 1. The van der Waals surface area contributed by atoms with E-state index in [1.807, 2.05) is 24.0 Å². The number of ether oxygens (including phenoxy) is 1. The molecule has 0 aromatic carbocycles. The third kappa shape index (κ3) is 5.87. The highest BCUT2D eigenvalue weighted by atomic mass is 19.4. The van der Waals surface area contributed by atoms with Gasteiger partial charge >= 0.3 is 12.1 Å². The van der Waals surface area contributed by atoms with Gasteiger partial charge in [0.05, 0.1) is 12.8 Å². The number of amides is 1. The van der Waals surface area contributed by atoms with Gasteiger partial charge in [-0.2, -0.15) is 13.2 Å². The molecule has 0 spiro atoms. The zero-order valence-corrected chi connectivity index (χ0v) is 15.7. The first-order chi connectivity index (χ1) is 13.6. The molecule has 2 aromatic rings. The van der Waals surface area contributed by atoms with Crippen LogP contribution in [0.5, 0.6) is 5.88 Å². The van der Waals surface area contributed by atoms with Crippen molar-refractivity contribution in [1.82, 2.24) is 19.9 Å². The number of carbonyl (C=O) groups is 2. The Morgan fingerprint density at radius 1 is 1.17 bits per heavy atom. The SMILES string of the molecule is COc1ncnc2c1CCN(C(=O)c1cccc(C)n1)CC2.O=C(O)C(F)(F)F. The number of carboxylic acids is 1. The van der Waals surface area contributed by atoms with Crippen LogP contribution in [0.3, 0.4) is 0 Å². The van der Waals surface area contributed by atoms with E-state index in [-0.39, 0.29) is 5.91 Å². The third-order valence-electron chi connectivity index (χ3n) is 4.08. The van der Waals surface area contributed by atoms with Crippen LogP contribution >= 0.6 is 0 Å². The summed E-state index contributed by atoms with van der Waals surface area (Å²) in [7, 11) is 1.60. The van der Waals surface area contributed by atoms with Crippen LogP contribution in [0.2, 0.25) is 0 Å². The van der Waals surface area contributed by atoms with Crippen LogP contribution in [-0.4, -0.2) is 63.2 Å². The summed E-state index contributed by atoms with van der Waals surface area (Å²) in [5.41, 5.74) is 3.29. The summed E-state index contributed by atoms with van der Waals surface area (Å²) in [6.07, 6.45) is -2.18. The topological polar surface area (TPSA) is 106 Å². The standard InChI is InChI=1S/C16H18N4O2.C2HF3O2/c1-11-4-3-5-14(19-11)16(21)20-8-6-12-13(7-9-20)17-10-18-15(12)22-2;3-2(4,5)1(6)7/h3-5,10H,6-9H2,1-2H3;(H,6,7). The number of carbonyl (C=O) groups excluding carboxylic acids is 1. The van der Waals surface area contributed by atoms with Gasteiger partial charge in [0, 0.05) is 30.8 Å². The lowest BCUT2D eigenvalue weighted by molar-refractivity contribution is -0.192. The van der Waals surface area contributed by atoms with E-state index in [9.17, 15) is 18.0 Å². The number of rotatable bonds is 2. The maximum Gasteiger partial charge on any atom is 0.490 e. The second kappa shape index (κ2) is 9.30. The van der Waals surface area contributed by atoms with Crippen LogP contribution in [-0.2, 0) is 17.6 Å². The molecule has 3 heterocycles. The van der Waals surface area contributed by atoms with Crippen molar-refractivity contribution in [3.05, 3.63) is 47.2 Å². The predicted octanol–water partition coefficient (Wildman–Crippen LogP) is 2.06. The molecule has 8 nitrogen and oxygen atoms in total. The Hall–Kier alpha value is -3.24. The number of hydrogen-bond acceptors (Lipinski definition) is 6. The summed E-state index contributed by atoms with van der Waals surface area (Å²) < 4.78 is 37.0. The second-order valence-electron chi connectivity index (χ2n) is 6.07. The number of methoxy groups -OCH3 is 1. The van der Waals surface area contributed by atoms with E-state index in [1.54, 1.807) is 13.2 Å². The Kier molecular flexibility index (Phi) is 7.08. The Morgan fingerprint density at radius 2 is 1.83 bits per heavy atom. The van der Waals surface area contributed by atoms with E-state index in [2.05, 4.69) is 15.0 Å². The van der Waals surface area contributed by atoms with Gasteiger partial charge in [-0.1, -0.05) is 6.07 Å². The van der Waals surface area contributed by atoms with Gasteiger partial charge in [-0.25, -0.2) is 19.7 Å². The first-order valence-electron chi connectivity index (χ1n) is 8.53. The molecule has 0 saturated heterocycles. The van der Waals surface area contributed by atoms with Crippen molar-refractivity contribution >= 4 is 11.9 Å². The highest BCUT2D eigenvalue weighted by molar-refractivity contribution is 5.92. The average molecular weight is 412 g/mol. The van der Waals surface area contributed by atoms with Crippen molar-refractivity contribution in [1.29, 1.82) is 0 Å². The molecule has 1 N–H and O–H groups in total. The molecule has 0 aliphatic carbocycles. The van der Waals surface area contributed by atoms with Crippen LogP contribution in [0, 0.1) is 6.92 Å². The van der Waals surface area contributed by atoms with Gasteiger partial charge in [0.25, 0.3) is 5.91 Å². The minimum atomic E-state index is -5.08. The largest absolute Gasteiger partial charge is 0.490 e. The highest BCUT2D eigenvalue weighted by Crippen LogP contribution is 2.22. The van der Waals surface area contributed by atoms with Crippen LogP contribution in [0.1, 0.15) is 27.4 Å². The van der Waals surface area contributed by atoms with Crippen molar-refractivity contribution in [3.8, 4) is 5.88 Å². The molecule has 0 bridgehead atoms. The second-order valence-corrected chi connectivity index (χ2v) is 6.07. The fourth-order valence-corrected chi connectivity index (χ4v) is 2.70. The fraction of sp³-hybridized carbons (Fsp3) is 0.389. The van der Waals surface area contributed by atoms with E-state index in [1.165, 1.54) is 6.33 Å². The molecule has 11 heteroatoms. The number of alkyl halides is 3. The Balaban J connectivity index is 0.000000370. The van der Waals surface area contributed by atoms with Gasteiger partial charge in [0.1, 0.15) is 12.0 Å². The van der Waals surface area contributed by atoms with E-state index >= 15 is 0 Å². The lowest BCUT2D eigenvalue weighted by atomic mass is 10.1. The van der Waals surface area contributed by atoms with E-state index in [0.717, 1.165) is 17.0 Å². The zero-order chi connectivity index (χ0) is 21.6. The quantitative estimate of drug-likeness (QED) is 0.805. The number of halogens is 3. The highest BCUT2D eigenvalue weighted by Gasteiger charge is 2.38. The minimum absolute atomic E-state index is 0.0385. The van der Waals surface area contributed by atoms with E-state index < -0.39 is 12.1 Å². The number of aliphatic carboxylic acids is 1. The molecular formula is C18H19F3N4O4. The van der Waals surface area contributed by atoms with Crippen LogP contribution < -0.4 is 4.74 Å². The molecule has 29 heavy (non-hydrogen) atoms. The lowest BCUT2D eigenvalue weighted by Crippen LogP contribution is -2.33. The van der Waals surface area contributed by atoms with Gasteiger partial charge < -0.3 is 14.7 Å². The van der Waals surface area contributed by atoms with Crippen molar-refractivity contribution in [2.24, 2.45) is 0 Å². The van der Waals surface area contributed by atoms with E-state index in [0.29, 0.717) is 37.5 Å². The molecule has 1 aliphatic rings. The summed E-state index contributed by atoms with van der Waals surface area (Å²) in [4.78, 5) is 36.1. The van der Waals surface area contributed by atoms with Gasteiger partial charge in [0.2, 0.25) is 5.88 Å². The monoisotopic (exact) mass is 412 g/mol. The molecule has 3 rings (SSSR count). The molecule has 0 unspecified atom stereocenters. The van der Waals surface area contributed by atoms with Gasteiger partial charge in [-0.15, -0.1) is 0 Å². The van der Waals surface area contributed by atoms with Crippen molar-refractivity contribution in [2.45, 2.75) is 25.9 Å². The van der Waals surface area contributed by atoms with E-state index in [4.69, 9.17) is 14.6 Å². The van der Waals surface area contributed by atoms with Crippen LogP contribution in [0.15, 0.2) is 24.5 Å². The summed E-state index contributed by atoms with van der Waals surface area (Å²) in [6.45, 7) is 3.13. The molecule has 156 valence electrons. The first kappa shape index (κ1) is 22.1. The maximum absolute atomic E-state index is 12.6. The van der Waals surface area contributed by atoms with Crippen molar-refractivity contribution in [2.75, 3.05) is 20.2 Å². The third-order valence-corrected chi connectivity index (χ3v) is 4.08.